The van der Waals surface area contributed by atoms with Gasteiger partial charge in [-0.25, -0.2) is 4.68 Å². The highest BCUT2D eigenvalue weighted by Gasteiger charge is 2.21. The Balaban J connectivity index is 1.44. The van der Waals surface area contributed by atoms with E-state index in [1.54, 1.807) is 7.11 Å². The molecule has 0 atom stereocenters. The molecule has 0 radical (unpaired) electrons. The van der Waals surface area contributed by atoms with E-state index >= 15 is 0 Å². The molecule has 1 aromatic heterocycles. The van der Waals surface area contributed by atoms with Crippen molar-refractivity contribution >= 4 is 17.9 Å². The summed E-state index contributed by atoms with van der Waals surface area (Å²) in [6.07, 6.45) is 0. The van der Waals surface area contributed by atoms with E-state index < -0.39 is 0 Å². The molecule has 1 saturated heterocycles. The molecule has 4 rings (SSSR count). The van der Waals surface area contributed by atoms with Crippen LogP contribution in [0.25, 0.3) is 11.4 Å². The summed E-state index contributed by atoms with van der Waals surface area (Å²) in [5.41, 5.74) is 2.19. The number of methoxy groups -OCH3 is 1. The lowest BCUT2D eigenvalue weighted by atomic mass is 10.2. The number of hydrogen-bond donors (Lipinski definition) is 0. The normalized spacial score (nSPS) is 14.6. The first kappa shape index (κ1) is 21.4. The second-order valence-electron chi connectivity index (χ2n) is 7.54. The summed E-state index contributed by atoms with van der Waals surface area (Å²) >= 11 is 5.66. The Morgan fingerprint density at radius 3 is 2.39 bits per heavy atom. The number of anilines is 1. The maximum atomic E-state index is 5.81. The number of para-hydroxylation sites is 2. The van der Waals surface area contributed by atoms with Gasteiger partial charge in [0.15, 0.2) is 10.6 Å². The molecule has 0 spiro atoms. The van der Waals surface area contributed by atoms with Crippen LogP contribution in [-0.4, -0.2) is 59.1 Å². The molecular formula is C23H29N5O2S. The Morgan fingerprint density at radius 1 is 1.00 bits per heavy atom. The lowest BCUT2D eigenvalue weighted by Crippen LogP contribution is -2.47. The summed E-state index contributed by atoms with van der Waals surface area (Å²) in [4.78, 5) is 4.78. The summed E-state index contributed by atoms with van der Waals surface area (Å²) in [6.45, 7) is 7.14. The van der Waals surface area contributed by atoms with E-state index in [1.165, 1.54) is 5.69 Å². The summed E-state index contributed by atoms with van der Waals surface area (Å²) in [5, 5.41) is 4.80. The maximum absolute atomic E-state index is 5.81. The molecule has 0 amide bonds. The van der Waals surface area contributed by atoms with Crippen LogP contribution in [0.5, 0.6) is 11.5 Å². The highest BCUT2D eigenvalue weighted by atomic mass is 32.1. The first-order valence-corrected chi connectivity index (χ1v) is 11.0. The number of piperazine rings is 1. The van der Waals surface area contributed by atoms with E-state index in [2.05, 4.69) is 21.9 Å². The standard InChI is InChI=1S/C23H29N5O2S/c1-4-30-21-8-6-5-7-20(21)27-15-13-26(14-16-27)17-28-23(31)25(2)22(24-28)18-9-11-19(29-3)12-10-18/h5-12H,4,13-17H2,1-3H3. The van der Waals surface area contributed by atoms with Crippen molar-refractivity contribution in [1.82, 2.24) is 19.2 Å². The van der Waals surface area contributed by atoms with Gasteiger partial charge in [0.1, 0.15) is 11.5 Å². The summed E-state index contributed by atoms with van der Waals surface area (Å²) in [5.74, 6) is 2.64. The monoisotopic (exact) mass is 439 g/mol. The van der Waals surface area contributed by atoms with Crippen LogP contribution in [-0.2, 0) is 13.7 Å². The van der Waals surface area contributed by atoms with Crippen LogP contribution in [0.3, 0.4) is 0 Å². The van der Waals surface area contributed by atoms with Crippen molar-refractivity contribution in [1.29, 1.82) is 0 Å². The summed E-state index contributed by atoms with van der Waals surface area (Å²) in [7, 11) is 3.63. The molecule has 3 aromatic rings. The number of rotatable bonds is 7. The molecular weight excluding hydrogens is 410 g/mol. The van der Waals surface area contributed by atoms with Gasteiger partial charge in [-0.2, -0.15) is 5.10 Å². The van der Waals surface area contributed by atoms with Crippen LogP contribution in [0.4, 0.5) is 5.69 Å². The predicted octanol–water partition coefficient (Wildman–Crippen LogP) is 3.81. The van der Waals surface area contributed by atoms with Crippen LogP contribution >= 0.6 is 12.2 Å². The zero-order valence-electron chi connectivity index (χ0n) is 18.3. The third-order valence-electron chi connectivity index (χ3n) is 5.60. The number of aromatic nitrogens is 3. The van der Waals surface area contributed by atoms with E-state index in [0.717, 1.165) is 53.8 Å². The quantitative estimate of drug-likeness (QED) is 0.522. The molecule has 31 heavy (non-hydrogen) atoms. The minimum absolute atomic E-state index is 0.672. The van der Waals surface area contributed by atoms with Gasteiger partial charge in [0.25, 0.3) is 0 Å². The maximum Gasteiger partial charge on any atom is 0.199 e. The van der Waals surface area contributed by atoms with Crippen molar-refractivity contribution in [2.45, 2.75) is 13.6 Å². The third-order valence-corrected chi connectivity index (χ3v) is 6.09. The highest BCUT2D eigenvalue weighted by molar-refractivity contribution is 7.71. The van der Waals surface area contributed by atoms with Crippen molar-refractivity contribution in [2.24, 2.45) is 7.05 Å². The Labute approximate surface area is 188 Å². The highest BCUT2D eigenvalue weighted by Crippen LogP contribution is 2.29. The molecule has 2 heterocycles. The lowest BCUT2D eigenvalue weighted by Gasteiger charge is -2.36. The van der Waals surface area contributed by atoms with Crippen molar-refractivity contribution in [2.75, 3.05) is 44.8 Å². The fourth-order valence-corrected chi connectivity index (χ4v) is 4.07. The number of ether oxygens (including phenoxy) is 2. The Morgan fingerprint density at radius 2 is 1.71 bits per heavy atom. The second-order valence-corrected chi connectivity index (χ2v) is 7.91. The van der Waals surface area contributed by atoms with E-state index in [4.69, 9.17) is 26.8 Å². The van der Waals surface area contributed by atoms with E-state index in [1.807, 2.05) is 59.6 Å². The zero-order valence-corrected chi connectivity index (χ0v) is 19.1. The molecule has 164 valence electrons. The smallest absolute Gasteiger partial charge is 0.199 e. The van der Waals surface area contributed by atoms with Gasteiger partial charge >= 0.3 is 0 Å². The minimum atomic E-state index is 0.672. The largest absolute Gasteiger partial charge is 0.497 e. The molecule has 2 aromatic carbocycles. The van der Waals surface area contributed by atoms with Gasteiger partial charge in [-0.15, -0.1) is 0 Å². The Bertz CT molecular complexity index is 1070. The van der Waals surface area contributed by atoms with Crippen LogP contribution in [0.1, 0.15) is 6.92 Å². The van der Waals surface area contributed by atoms with E-state index in [0.29, 0.717) is 13.3 Å². The number of hydrogen-bond acceptors (Lipinski definition) is 6. The van der Waals surface area contributed by atoms with E-state index in [9.17, 15) is 0 Å². The first-order valence-electron chi connectivity index (χ1n) is 10.6. The third kappa shape index (κ3) is 4.60. The zero-order chi connectivity index (χ0) is 21.8. The summed E-state index contributed by atoms with van der Waals surface area (Å²) in [6, 6.07) is 16.2. The van der Waals surface area contributed by atoms with Gasteiger partial charge < -0.3 is 18.9 Å². The molecule has 0 unspecified atom stereocenters. The Kier molecular flexibility index (Phi) is 6.58. The predicted molar refractivity (Wildman–Crippen MR) is 125 cm³/mol. The first-order chi connectivity index (χ1) is 15.1. The van der Waals surface area contributed by atoms with Crippen molar-refractivity contribution in [3.05, 3.63) is 53.3 Å². The van der Waals surface area contributed by atoms with Crippen LogP contribution in [0.15, 0.2) is 48.5 Å². The fraction of sp³-hybridized carbons (Fsp3) is 0.391. The van der Waals surface area contributed by atoms with Crippen molar-refractivity contribution in [3.8, 4) is 22.9 Å². The molecule has 7 nitrogen and oxygen atoms in total. The SMILES string of the molecule is CCOc1ccccc1N1CCN(Cn2nc(-c3ccc(OC)cc3)n(C)c2=S)CC1. The van der Waals surface area contributed by atoms with Gasteiger partial charge in [-0.3, -0.25) is 4.90 Å². The molecule has 1 aliphatic heterocycles. The topological polar surface area (TPSA) is 47.7 Å². The lowest BCUT2D eigenvalue weighted by molar-refractivity contribution is 0.194. The molecule has 1 fully saturated rings. The molecule has 0 N–H and O–H groups in total. The minimum Gasteiger partial charge on any atom is -0.497 e. The van der Waals surface area contributed by atoms with Gasteiger partial charge in [-0.05, 0) is 55.5 Å². The van der Waals surface area contributed by atoms with Crippen LogP contribution in [0.2, 0.25) is 0 Å². The average molecular weight is 440 g/mol. The second kappa shape index (κ2) is 9.53. The Hall–Kier alpha value is -2.84. The molecule has 8 heteroatoms. The molecule has 1 aliphatic rings. The van der Waals surface area contributed by atoms with Crippen LogP contribution in [0, 0.1) is 4.77 Å². The van der Waals surface area contributed by atoms with Gasteiger partial charge in [-0.1, -0.05) is 12.1 Å². The van der Waals surface area contributed by atoms with E-state index in [-0.39, 0.29) is 0 Å². The van der Waals surface area contributed by atoms with Crippen molar-refractivity contribution < 1.29 is 9.47 Å². The number of nitrogens with zero attached hydrogens (tertiary/aromatic N) is 5. The molecule has 0 bridgehead atoms. The number of benzene rings is 2. The molecule has 0 aliphatic carbocycles. The molecule has 0 saturated carbocycles. The van der Waals surface area contributed by atoms with Crippen molar-refractivity contribution in [3.63, 3.8) is 0 Å². The fourth-order valence-electron chi connectivity index (χ4n) is 3.89. The van der Waals surface area contributed by atoms with Crippen LogP contribution < -0.4 is 14.4 Å². The van der Waals surface area contributed by atoms with Gasteiger partial charge in [0.05, 0.1) is 26.1 Å². The van der Waals surface area contributed by atoms with Gasteiger partial charge in [0, 0.05) is 38.8 Å². The average Bonchev–Trinajstić information content (AvgIpc) is 3.09. The van der Waals surface area contributed by atoms with Gasteiger partial charge in [0.2, 0.25) is 0 Å². The summed E-state index contributed by atoms with van der Waals surface area (Å²) < 4.78 is 15.7.